The van der Waals surface area contributed by atoms with Gasteiger partial charge in [-0.15, -0.1) is 11.3 Å². The van der Waals surface area contributed by atoms with Crippen molar-refractivity contribution in [3.05, 3.63) is 28.8 Å². The summed E-state index contributed by atoms with van der Waals surface area (Å²) in [6.45, 7) is 8.87. The maximum atomic E-state index is 4.52. The number of rotatable bonds is 1. The van der Waals surface area contributed by atoms with Crippen LogP contribution in [-0.2, 0) is 6.42 Å². The summed E-state index contributed by atoms with van der Waals surface area (Å²) in [6, 6.07) is 6.65. The number of thiazole rings is 1. The Bertz CT molecular complexity index is 477. The van der Waals surface area contributed by atoms with Crippen LogP contribution in [-0.4, -0.2) is 4.98 Å². The smallest absolute Gasteiger partial charge is 0.0907 e. The van der Waals surface area contributed by atoms with Crippen LogP contribution in [0.3, 0.4) is 0 Å². The van der Waals surface area contributed by atoms with Crippen molar-refractivity contribution in [1.29, 1.82) is 0 Å². The van der Waals surface area contributed by atoms with Gasteiger partial charge in [0.2, 0.25) is 0 Å². The number of hydrogen-bond donors (Lipinski definition) is 0. The zero-order valence-corrected chi connectivity index (χ0v) is 10.6. The van der Waals surface area contributed by atoms with Gasteiger partial charge in [0.1, 0.15) is 0 Å². The summed E-state index contributed by atoms with van der Waals surface area (Å²) < 4.78 is 1.30. The Hall–Kier alpha value is -0.890. The van der Waals surface area contributed by atoms with Gasteiger partial charge in [0.05, 0.1) is 15.2 Å². The summed E-state index contributed by atoms with van der Waals surface area (Å²) in [5, 5.41) is 1.15. The van der Waals surface area contributed by atoms with E-state index in [0.29, 0.717) is 5.41 Å². The highest BCUT2D eigenvalue weighted by molar-refractivity contribution is 7.18. The molecule has 0 spiro atoms. The molecule has 0 unspecified atom stereocenters. The molecule has 0 saturated carbocycles. The summed E-state index contributed by atoms with van der Waals surface area (Å²) in [5.41, 5.74) is 2.89. The van der Waals surface area contributed by atoms with Gasteiger partial charge in [-0.3, -0.25) is 0 Å². The Kier molecular flexibility index (Phi) is 2.55. The van der Waals surface area contributed by atoms with Crippen molar-refractivity contribution in [3.8, 4) is 0 Å². The molecule has 1 aromatic carbocycles. The number of aryl methyl sites for hydroxylation is 1. The fourth-order valence-corrected chi connectivity index (χ4v) is 2.62. The normalized spacial score (nSPS) is 12.3. The first kappa shape index (κ1) is 10.6. The van der Waals surface area contributed by atoms with E-state index in [1.54, 1.807) is 11.3 Å². The summed E-state index contributed by atoms with van der Waals surface area (Å²) in [4.78, 5) is 4.52. The third kappa shape index (κ3) is 2.57. The van der Waals surface area contributed by atoms with Gasteiger partial charge in [0.25, 0.3) is 0 Å². The van der Waals surface area contributed by atoms with Crippen molar-refractivity contribution < 1.29 is 0 Å². The first-order valence-corrected chi connectivity index (χ1v) is 6.12. The van der Waals surface area contributed by atoms with Crippen molar-refractivity contribution in [2.45, 2.75) is 34.1 Å². The molecule has 0 radical (unpaired) electrons. The molecule has 0 aliphatic heterocycles. The Morgan fingerprint density at radius 1 is 1.27 bits per heavy atom. The molecule has 0 aliphatic carbocycles. The van der Waals surface area contributed by atoms with Crippen molar-refractivity contribution in [1.82, 2.24) is 4.98 Å². The molecular weight excluding hydrogens is 202 g/mol. The van der Waals surface area contributed by atoms with E-state index in [9.17, 15) is 0 Å². The Labute approximate surface area is 95.2 Å². The van der Waals surface area contributed by atoms with E-state index < -0.39 is 0 Å². The largest absolute Gasteiger partial charge is 0.242 e. The summed E-state index contributed by atoms with van der Waals surface area (Å²) >= 11 is 1.77. The van der Waals surface area contributed by atoms with Crippen LogP contribution >= 0.6 is 11.3 Å². The lowest BCUT2D eigenvalue weighted by molar-refractivity contribution is 0.411. The van der Waals surface area contributed by atoms with Crippen molar-refractivity contribution in [3.63, 3.8) is 0 Å². The number of fused-ring (bicyclic) bond motifs is 1. The maximum absolute atomic E-state index is 4.52. The Morgan fingerprint density at radius 3 is 2.67 bits per heavy atom. The van der Waals surface area contributed by atoms with Crippen LogP contribution in [0.1, 0.15) is 31.3 Å². The number of hydrogen-bond acceptors (Lipinski definition) is 2. The average molecular weight is 219 g/mol. The molecule has 15 heavy (non-hydrogen) atoms. The van der Waals surface area contributed by atoms with E-state index in [4.69, 9.17) is 0 Å². The van der Waals surface area contributed by atoms with Gasteiger partial charge in [-0.1, -0.05) is 26.8 Å². The van der Waals surface area contributed by atoms with Crippen molar-refractivity contribution in [2.75, 3.05) is 0 Å². The standard InChI is InChI=1S/C13H17NS/c1-9-14-11-7-10(8-13(2,3)4)5-6-12(11)15-9/h5-7H,8H2,1-4H3. The van der Waals surface area contributed by atoms with Gasteiger partial charge in [0, 0.05) is 0 Å². The van der Waals surface area contributed by atoms with Gasteiger partial charge in [-0.2, -0.15) is 0 Å². The highest BCUT2D eigenvalue weighted by Crippen LogP contribution is 2.26. The second kappa shape index (κ2) is 3.60. The lowest BCUT2D eigenvalue weighted by Gasteiger charge is -2.17. The van der Waals surface area contributed by atoms with Crippen LogP contribution in [0.25, 0.3) is 10.2 Å². The lowest BCUT2D eigenvalue weighted by Crippen LogP contribution is -2.08. The van der Waals surface area contributed by atoms with Crippen LogP contribution < -0.4 is 0 Å². The zero-order chi connectivity index (χ0) is 11.1. The van der Waals surface area contributed by atoms with E-state index in [1.807, 2.05) is 0 Å². The topological polar surface area (TPSA) is 12.9 Å². The third-order valence-electron chi connectivity index (χ3n) is 2.29. The highest BCUT2D eigenvalue weighted by Gasteiger charge is 2.12. The summed E-state index contributed by atoms with van der Waals surface area (Å²) in [5.74, 6) is 0. The monoisotopic (exact) mass is 219 g/mol. The summed E-state index contributed by atoms with van der Waals surface area (Å²) in [6.07, 6.45) is 1.11. The van der Waals surface area contributed by atoms with E-state index in [1.165, 1.54) is 10.3 Å². The van der Waals surface area contributed by atoms with Crippen LogP contribution in [0.2, 0.25) is 0 Å². The quantitative estimate of drug-likeness (QED) is 0.700. The molecule has 0 bridgehead atoms. The minimum Gasteiger partial charge on any atom is -0.242 e. The second-order valence-corrected chi connectivity index (χ2v) is 6.51. The molecule has 0 atom stereocenters. The first-order chi connectivity index (χ1) is 6.94. The predicted octanol–water partition coefficient (Wildman–Crippen LogP) is 4.19. The molecule has 0 N–H and O–H groups in total. The second-order valence-electron chi connectivity index (χ2n) is 5.27. The molecule has 1 aromatic heterocycles. The van der Waals surface area contributed by atoms with Crippen LogP contribution in [0.15, 0.2) is 18.2 Å². The fourth-order valence-electron chi connectivity index (χ4n) is 1.81. The van der Waals surface area contributed by atoms with Crippen LogP contribution in [0.5, 0.6) is 0 Å². The molecule has 2 aromatic rings. The lowest BCUT2D eigenvalue weighted by atomic mass is 9.88. The number of benzene rings is 1. The van der Waals surface area contributed by atoms with Crippen LogP contribution in [0.4, 0.5) is 0 Å². The molecule has 2 rings (SSSR count). The minimum atomic E-state index is 0.346. The minimum absolute atomic E-state index is 0.346. The van der Waals surface area contributed by atoms with Crippen molar-refractivity contribution in [2.24, 2.45) is 5.41 Å². The van der Waals surface area contributed by atoms with E-state index in [2.05, 4.69) is 50.9 Å². The SMILES string of the molecule is Cc1nc2cc(CC(C)(C)C)ccc2s1. The van der Waals surface area contributed by atoms with Crippen molar-refractivity contribution >= 4 is 21.6 Å². The Morgan fingerprint density at radius 2 is 2.00 bits per heavy atom. The maximum Gasteiger partial charge on any atom is 0.0907 e. The number of aromatic nitrogens is 1. The molecule has 0 aliphatic rings. The molecule has 0 fully saturated rings. The van der Waals surface area contributed by atoms with Gasteiger partial charge in [0.15, 0.2) is 0 Å². The molecule has 1 heterocycles. The molecule has 0 saturated heterocycles. The fraction of sp³-hybridized carbons (Fsp3) is 0.462. The molecular formula is C13H17NS. The van der Waals surface area contributed by atoms with Gasteiger partial charge in [-0.25, -0.2) is 4.98 Å². The molecule has 1 nitrogen and oxygen atoms in total. The van der Waals surface area contributed by atoms with E-state index in [-0.39, 0.29) is 0 Å². The van der Waals surface area contributed by atoms with E-state index >= 15 is 0 Å². The molecule has 2 heteroatoms. The Balaban J connectivity index is 2.38. The third-order valence-corrected chi connectivity index (χ3v) is 3.25. The highest BCUT2D eigenvalue weighted by atomic mass is 32.1. The predicted molar refractivity (Wildman–Crippen MR) is 67.5 cm³/mol. The molecule has 0 amide bonds. The van der Waals surface area contributed by atoms with Gasteiger partial charge in [-0.05, 0) is 36.5 Å². The summed E-state index contributed by atoms with van der Waals surface area (Å²) in [7, 11) is 0. The van der Waals surface area contributed by atoms with Gasteiger partial charge < -0.3 is 0 Å². The molecule has 80 valence electrons. The van der Waals surface area contributed by atoms with E-state index in [0.717, 1.165) is 16.9 Å². The first-order valence-electron chi connectivity index (χ1n) is 5.30. The number of nitrogens with zero attached hydrogens (tertiary/aromatic N) is 1. The van der Waals surface area contributed by atoms with Gasteiger partial charge >= 0.3 is 0 Å². The van der Waals surface area contributed by atoms with Crippen LogP contribution in [0, 0.1) is 12.3 Å². The average Bonchev–Trinajstić information content (AvgIpc) is 2.40. The zero-order valence-electron chi connectivity index (χ0n) is 9.79.